The van der Waals surface area contributed by atoms with Gasteiger partial charge < -0.3 is 38.6 Å². The van der Waals surface area contributed by atoms with Crippen LogP contribution in [-0.4, -0.2) is 49.9 Å². The molecule has 0 unspecified atom stereocenters. The molecule has 594 valence electrons. The summed E-state index contributed by atoms with van der Waals surface area (Å²) in [6.45, 7) is 16.9. The molecule has 0 aliphatic rings. The van der Waals surface area contributed by atoms with Crippen LogP contribution < -0.4 is 28.4 Å². The van der Waals surface area contributed by atoms with E-state index in [0.29, 0.717) is 74.1 Å². The molecule has 8 heteroatoms. The number of hydrogen-bond donors (Lipinski definition) is 2. The van der Waals surface area contributed by atoms with Crippen LogP contribution in [0.25, 0.3) is 0 Å². The molecule has 0 radical (unpaired) electrons. The fourth-order valence-corrected chi connectivity index (χ4v) is 14.0. The SMILES string of the molecule is CCCCCCCCCCCCOc1cc(C#Cc2cc(OCCCCCCCCCCCC)c(CO)cc2OCCCCCCCCCCCC)c(OCCCCCCCCCCCC)cc1C#Cc1cc(OCCCCCCCCCCCC)c(CO)cc1OCCCCCCCCCCCC. The van der Waals surface area contributed by atoms with Crippen molar-refractivity contribution in [2.45, 2.75) is 440 Å². The molecule has 2 N–H and O–H groups in total. The number of rotatable bonds is 74. The molecule has 0 aliphatic carbocycles. The number of hydrogen-bond acceptors (Lipinski definition) is 8. The Balaban J connectivity index is 2.15. The van der Waals surface area contributed by atoms with Gasteiger partial charge in [-0.15, -0.1) is 0 Å². The summed E-state index contributed by atoms with van der Waals surface area (Å²) in [6.07, 6.45) is 75.0. The van der Waals surface area contributed by atoms with Crippen LogP contribution in [0.1, 0.15) is 460 Å². The molecule has 0 heterocycles. The zero-order chi connectivity index (χ0) is 74.3. The van der Waals surface area contributed by atoms with Gasteiger partial charge in [0.2, 0.25) is 0 Å². The molecule has 0 atom stereocenters. The lowest BCUT2D eigenvalue weighted by atomic mass is 10.0. The second kappa shape index (κ2) is 70.2. The molecule has 3 aromatic carbocycles. The van der Waals surface area contributed by atoms with Gasteiger partial charge in [0.25, 0.3) is 0 Å². The summed E-state index contributed by atoms with van der Waals surface area (Å²) in [4.78, 5) is 0. The molecule has 3 rings (SSSR count). The smallest absolute Gasteiger partial charge is 0.136 e. The van der Waals surface area contributed by atoms with E-state index in [1.54, 1.807) is 0 Å². The van der Waals surface area contributed by atoms with Crippen LogP contribution in [-0.2, 0) is 13.2 Å². The topological polar surface area (TPSA) is 95.8 Å². The summed E-state index contributed by atoms with van der Waals surface area (Å²) in [5, 5.41) is 21.8. The Kier molecular flexibility index (Phi) is 63.2. The van der Waals surface area contributed by atoms with Crippen LogP contribution in [0.5, 0.6) is 34.5 Å². The number of aliphatic hydroxyl groups is 2. The van der Waals surface area contributed by atoms with Crippen molar-refractivity contribution in [1.82, 2.24) is 0 Å². The first kappa shape index (κ1) is 93.7. The summed E-state index contributed by atoms with van der Waals surface area (Å²) in [7, 11) is 0. The Morgan fingerprint density at radius 1 is 0.183 bits per heavy atom. The maximum Gasteiger partial charge on any atom is 0.136 e. The van der Waals surface area contributed by atoms with Gasteiger partial charge in [0.1, 0.15) is 34.5 Å². The second-order valence-electron chi connectivity index (χ2n) is 30.8. The summed E-state index contributed by atoms with van der Waals surface area (Å²) < 4.78 is 40.4. The van der Waals surface area contributed by atoms with Crippen molar-refractivity contribution in [3.8, 4) is 58.2 Å². The summed E-state index contributed by atoms with van der Waals surface area (Å²) in [5.41, 5.74) is 4.36. The Hall–Kier alpha value is -4.50. The summed E-state index contributed by atoms with van der Waals surface area (Å²) in [5.74, 6) is 18.5. The lowest BCUT2D eigenvalue weighted by Gasteiger charge is -2.16. The van der Waals surface area contributed by atoms with Crippen molar-refractivity contribution >= 4 is 0 Å². The Bertz CT molecular complexity index is 2390. The molecular weight excluding hydrogens is 1280 g/mol. The van der Waals surface area contributed by atoms with Gasteiger partial charge in [-0.3, -0.25) is 0 Å². The van der Waals surface area contributed by atoms with Gasteiger partial charge in [-0.05, 0) is 62.8 Å². The predicted molar refractivity (Wildman–Crippen MR) is 447 cm³/mol. The van der Waals surface area contributed by atoms with Crippen molar-refractivity contribution in [3.63, 3.8) is 0 Å². The fraction of sp³-hybridized carbons (Fsp3) is 0.771. The van der Waals surface area contributed by atoms with Gasteiger partial charge in [-0.25, -0.2) is 0 Å². The molecule has 0 bridgehead atoms. The lowest BCUT2D eigenvalue weighted by molar-refractivity contribution is 0.256. The van der Waals surface area contributed by atoms with Gasteiger partial charge in [0.15, 0.2) is 0 Å². The molecule has 0 aliphatic heterocycles. The van der Waals surface area contributed by atoms with Crippen LogP contribution in [0, 0.1) is 23.7 Å². The molecular formula is C96H162O8. The minimum absolute atomic E-state index is 0.152. The van der Waals surface area contributed by atoms with Gasteiger partial charge >= 0.3 is 0 Å². The molecule has 0 saturated carbocycles. The van der Waals surface area contributed by atoms with E-state index in [2.05, 4.69) is 77.4 Å². The van der Waals surface area contributed by atoms with E-state index in [1.165, 1.54) is 308 Å². The van der Waals surface area contributed by atoms with Crippen LogP contribution in [0.4, 0.5) is 0 Å². The minimum atomic E-state index is -0.152. The number of unbranched alkanes of at least 4 members (excludes halogenated alkanes) is 54. The Labute approximate surface area is 642 Å². The first-order valence-corrected chi connectivity index (χ1v) is 45.0. The van der Waals surface area contributed by atoms with Crippen molar-refractivity contribution in [2.75, 3.05) is 39.6 Å². The molecule has 3 aromatic rings. The van der Waals surface area contributed by atoms with E-state index < -0.39 is 0 Å². The van der Waals surface area contributed by atoms with E-state index >= 15 is 0 Å². The van der Waals surface area contributed by atoms with E-state index in [1.807, 2.05) is 24.3 Å². The molecule has 104 heavy (non-hydrogen) atoms. The quantitative estimate of drug-likeness (QED) is 0.0426. The molecule has 8 nitrogen and oxygen atoms in total. The highest BCUT2D eigenvalue weighted by Crippen LogP contribution is 2.35. The standard InChI is InChI=1S/C96H162O8/c1-7-13-19-25-31-37-43-49-55-61-71-99-91-77-86(68-70-88-80-96(104-76-66-60-54-48-42-36-30-24-18-12-6)90(84-98)82-94(88)102-74-64-58-52-46-40-34-28-22-16-10-4)92(100-72-62-56-50-44-38-32-26-20-14-8-2)78-85(91)67-69-87-79-95(103-75-65-59-53-47-41-35-29-23-17-11-5)89(83-97)81-93(87)101-73-63-57-51-45-39-33-27-21-15-9-3/h77-82,97-98H,7-66,71-76,83-84H2,1-6H3. The first-order valence-electron chi connectivity index (χ1n) is 45.0. The highest BCUT2D eigenvalue weighted by Gasteiger charge is 2.17. The Morgan fingerprint density at radius 3 is 0.481 bits per heavy atom. The summed E-state index contributed by atoms with van der Waals surface area (Å²) in [6, 6.07) is 12.1. The average molecular weight is 1440 g/mol. The fourth-order valence-electron chi connectivity index (χ4n) is 14.0. The number of aliphatic hydroxyl groups excluding tert-OH is 2. The Morgan fingerprint density at radius 2 is 0.317 bits per heavy atom. The molecule has 0 aromatic heterocycles. The largest absolute Gasteiger partial charge is 0.493 e. The predicted octanol–water partition coefficient (Wildman–Crippen LogP) is 29.3. The van der Waals surface area contributed by atoms with Crippen LogP contribution >= 0.6 is 0 Å². The maximum atomic E-state index is 10.9. The zero-order valence-corrected chi connectivity index (χ0v) is 68.9. The zero-order valence-electron chi connectivity index (χ0n) is 68.9. The van der Waals surface area contributed by atoms with Crippen molar-refractivity contribution < 1.29 is 38.6 Å². The van der Waals surface area contributed by atoms with E-state index in [9.17, 15) is 10.2 Å². The van der Waals surface area contributed by atoms with Crippen molar-refractivity contribution in [2.24, 2.45) is 0 Å². The molecule has 0 spiro atoms. The third kappa shape index (κ3) is 49.5. The van der Waals surface area contributed by atoms with Crippen molar-refractivity contribution in [1.29, 1.82) is 0 Å². The third-order valence-electron chi connectivity index (χ3n) is 20.9. The van der Waals surface area contributed by atoms with E-state index in [0.717, 1.165) is 110 Å². The van der Waals surface area contributed by atoms with Gasteiger partial charge in [0.05, 0.1) is 75.1 Å². The maximum absolute atomic E-state index is 10.9. The monoisotopic (exact) mass is 1440 g/mol. The number of ether oxygens (including phenoxy) is 6. The van der Waals surface area contributed by atoms with Crippen LogP contribution in [0.3, 0.4) is 0 Å². The van der Waals surface area contributed by atoms with Gasteiger partial charge in [0, 0.05) is 23.3 Å². The second-order valence-corrected chi connectivity index (χ2v) is 30.8. The van der Waals surface area contributed by atoms with E-state index in [4.69, 9.17) is 28.4 Å². The summed E-state index contributed by atoms with van der Waals surface area (Å²) >= 11 is 0. The van der Waals surface area contributed by atoms with E-state index in [-0.39, 0.29) is 13.2 Å². The third-order valence-corrected chi connectivity index (χ3v) is 20.9. The molecule has 0 saturated heterocycles. The normalized spacial score (nSPS) is 11.2. The molecule has 0 fully saturated rings. The molecule has 0 amide bonds. The highest BCUT2D eigenvalue weighted by atomic mass is 16.5. The first-order chi connectivity index (χ1) is 51.5. The van der Waals surface area contributed by atoms with Crippen LogP contribution in [0.15, 0.2) is 36.4 Å². The highest BCUT2D eigenvalue weighted by molar-refractivity contribution is 5.63. The minimum Gasteiger partial charge on any atom is -0.493 e. The number of benzene rings is 3. The average Bonchev–Trinajstić information content (AvgIpc) is 0.825. The lowest BCUT2D eigenvalue weighted by Crippen LogP contribution is -2.05. The van der Waals surface area contributed by atoms with Crippen molar-refractivity contribution in [3.05, 3.63) is 69.8 Å². The van der Waals surface area contributed by atoms with Crippen LogP contribution in [0.2, 0.25) is 0 Å². The van der Waals surface area contributed by atoms with Gasteiger partial charge in [-0.1, -0.05) is 412 Å². The van der Waals surface area contributed by atoms with Gasteiger partial charge in [-0.2, -0.15) is 0 Å².